The molecular weight excluding hydrogens is 202 g/mol. The molecule has 1 aliphatic carbocycles. The highest BCUT2D eigenvalue weighted by Crippen LogP contribution is 2.26. The number of nitrogens with zero attached hydrogens (tertiary/aromatic N) is 1. The summed E-state index contributed by atoms with van der Waals surface area (Å²) < 4.78 is 5.21. The van der Waals surface area contributed by atoms with Crippen molar-refractivity contribution in [3.8, 4) is 6.07 Å². The van der Waals surface area contributed by atoms with E-state index in [4.69, 9.17) is 10.00 Å². The van der Waals surface area contributed by atoms with Gasteiger partial charge in [0.2, 0.25) is 0 Å². The van der Waals surface area contributed by atoms with Crippen molar-refractivity contribution >= 4 is 5.97 Å². The van der Waals surface area contributed by atoms with Crippen molar-refractivity contribution in [3.63, 3.8) is 0 Å². The second-order valence-corrected chi connectivity index (χ2v) is 5.02. The van der Waals surface area contributed by atoms with E-state index in [1.54, 1.807) is 13.8 Å². The van der Waals surface area contributed by atoms with Crippen LogP contribution in [0.15, 0.2) is 12.2 Å². The minimum Gasteiger partial charge on any atom is -0.464 e. The SMILES string of the molecule is CC1CC=CCC1COC(=O)C(C)(C)C#N. The molecule has 0 N–H and O–H groups in total. The van der Waals surface area contributed by atoms with Crippen molar-refractivity contribution in [2.45, 2.75) is 33.6 Å². The molecule has 0 heterocycles. The lowest BCUT2D eigenvalue weighted by Crippen LogP contribution is -2.29. The van der Waals surface area contributed by atoms with Crippen molar-refractivity contribution in [2.75, 3.05) is 6.61 Å². The summed E-state index contributed by atoms with van der Waals surface area (Å²) in [6, 6.07) is 1.95. The van der Waals surface area contributed by atoms with Gasteiger partial charge < -0.3 is 4.74 Å². The third-order valence-electron chi connectivity index (χ3n) is 3.14. The second-order valence-electron chi connectivity index (χ2n) is 5.02. The molecule has 0 aromatic carbocycles. The molecule has 0 aromatic rings. The molecule has 0 spiro atoms. The van der Waals surface area contributed by atoms with Gasteiger partial charge in [-0.2, -0.15) is 5.26 Å². The summed E-state index contributed by atoms with van der Waals surface area (Å²) in [5.41, 5.74) is -1.03. The average Bonchev–Trinajstić information content (AvgIpc) is 2.27. The molecular formula is C13H19NO2. The average molecular weight is 221 g/mol. The Hall–Kier alpha value is -1.30. The Morgan fingerprint density at radius 1 is 1.50 bits per heavy atom. The molecule has 0 fully saturated rings. The van der Waals surface area contributed by atoms with E-state index in [0.717, 1.165) is 12.8 Å². The van der Waals surface area contributed by atoms with Gasteiger partial charge in [-0.3, -0.25) is 4.79 Å². The Balaban J connectivity index is 2.43. The maximum Gasteiger partial charge on any atom is 0.325 e. The first-order valence-corrected chi connectivity index (χ1v) is 5.71. The lowest BCUT2D eigenvalue weighted by Gasteiger charge is -2.25. The highest BCUT2D eigenvalue weighted by Gasteiger charge is 2.30. The van der Waals surface area contributed by atoms with Crippen LogP contribution in [0.5, 0.6) is 0 Å². The quantitative estimate of drug-likeness (QED) is 0.544. The van der Waals surface area contributed by atoms with E-state index in [0.29, 0.717) is 18.4 Å². The number of esters is 1. The van der Waals surface area contributed by atoms with E-state index in [2.05, 4.69) is 19.1 Å². The Labute approximate surface area is 97.1 Å². The van der Waals surface area contributed by atoms with Crippen molar-refractivity contribution in [1.82, 2.24) is 0 Å². The number of nitriles is 1. The van der Waals surface area contributed by atoms with Gasteiger partial charge in [0.15, 0.2) is 0 Å². The van der Waals surface area contributed by atoms with E-state index in [9.17, 15) is 4.79 Å². The molecule has 0 bridgehead atoms. The lowest BCUT2D eigenvalue weighted by molar-refractivity contribution is -0.152. The fraction of sp³-hybridized carbons (Fsp3) is 0.692. The van der Waals surface area contributed by atoms with Gasteiger partial charge in [-0.05, 0) is 38.5 Å². The van der Waals surface area contributed by atoms with Gasteiger partial charge in [-0.15, -0.1) is 0 Å². The molecule has 3 heteroatoms. The molecule has 1 aliphatic rings. The second kappa shape index (κ2) is 5.16. The minimum atomic E-state index is -1.03. The number of ether oxygens (including phenoxy) is 1. The van der Waals surface area contributed by atoms with Crippen LogP contribution in [0.2, 0.25) is 0 Å². The minimum absolute atomic E-state index is 0.392. The third kappa shape index (κ3) is 3.10. The van der Waals surface area contributed by atoms with Crippen LogP contribution in [0.1, 0.15) is 33.6 Å². The molecule has 88 valence electrons. The van der Waals surface area contributed by atoms with E-state index in [1.807, 2.05) is 6.07 Å². The summed E-state index contributed by atoms with van der Waals surface area (Å²) in [6.45, 7) is 5.76. The zero-order chi connectivity index (χ0) is 12.2. The Morgan fingerprint density at radius 3 is 2.69 bits per heavy atom. The van der Waals surface area contributed by atoms with Crippen LogP contribution < -0.4 is 0 Å². The Morgan fingerprint density at radius 2 is 2.12 bits per heavy atom. The van der Waals surface area contributed by atoms with Gasteiger partial charge in [0.1, 0.15) is 5.41 Å². The summed E-state index contributed by atoms with van der Waals surface area (Å²) in [5.74, 6) is 0.517. The van der Waals surface area contributed by atoms with E-state index >= 15 is 0 Å². The standard InChI is InChI=1S/C13H19NO2/c1-10-6-4-5-7-11(10)8-16-12(15)13(2,3)9-14/h4-5,10-11H,6-8H2,1-3H3. The van der Waals surface area contributed by atoms with Gasteiger partial charge in [0.25, 0.3) is 0 Å². The smallest absolute Gasteiger partial charge is 0.325 e. The molecule has 0 amide bonds. The summed E-state index contributed by atoms with van der Waals surface area (Å²) in [5, 5.41) is 8.79. The monoisotopic (exact) mass is 221 g/mol. The number of carbonyl (C=O) groups excluding carboxylic acids is 1. The number of rotatable bonds is 3. The molecule has 1 rings (SSSR count). The zero-order valence-electron chi connectivity index (χ0n) is 10.2. The van der Waals surface area contributed by atoms with Crippen LogP contribution in [0, 0.1) is 28.6 Å². The van der Waals surface area contributed by atoms with E-state index < -0.39 is 11.4 Å². The van der Waals surface area contributed by atoms with Crippen molar-refractivity contribution < 1.29 is 9.53 Å². The highest BCUT2D eigenvalue weighted by atomic mass is 16.5. The fourth-order valence-electron chi connectivity index (χ4n) is 1.65. The van der Waals surface area contributed by atoms with Crippen LogP contribution in [0.3, 0.4) is 0 Å². The Kier molecular flexibility index (Phi) is 4.12. The van der Waals surface area contributed by atoms with Gasteiger partial charge in [-0.1, -0.05) is 19.1 Å². The van der Waals surface area contributed by atoms with E-state index in [-0.39, 0.29) is 0 Å². The van der Waals surface area contributed by atoms with Gasteiger partial charge in [0.05, 0.1) is 12.7 Å². The maximum atomic E-state index is 11.6. The van der Waals surface area contributed by atoms with Crippen LogP contribution >= 0.6 is 0 Å². The van der Waals surface area contributed by atoms with Crippen molar-refractivity contribution in [2.24, 2.45) is 17.3 Å². The first-order chi connectivity index (χ1) is 7.47. The topological polar surface area (TPSA) is 50.1 Å². The van der Waals surface area contributed by atoms with Crippen LogP contribution in [0.4, 0.5) is 0 Å². The van der Waals surface area contributed by atoms with Gasteiger partial charge in [0, 0.05) is 0 Å². The number of carbonyl (C=O) groups is 1. The van der Waals surface area contributed by atoms with E-state index in [1.165, 1.54) is 0 Å². The molecule has 0 aromatic heterocycles. The largest absolute Gasteiger partial charge is 0.464 e. The number of hydrogen-bond acceptors (Lipinski definition) is 3. The molecule has 0 aliphatic heterocycles. The molecule has 3 nitrogen and oxygen atoms in total. The number of allylic oxidation sites excluding steroid dienone is 2. The normalized spacial score (nSPS) is 24.9. The third-order valence-corrected chi connectivity index (χ3v) is 3.14. The summed E-state index contributed by atoms with van der Waals surface area (Å²) in [4.78, 5) is 11.6. The summed E-state index contributed by atoms with van der Waals surface area (Å²) in [6.07, 6.45) is 6.31. The predicted octanol–water partition coefficient (Wildman–Crippen LogP) is 2.68. The van der Waals surface area contributed by atoms with Crippen LogP contribution in [0.25, 0.3) is 0 Å². The molecule has 0 saturated carbocycles. The highest BCUT2D eigenvalue weighted by molar-refractivity contribution is 5.78. The number of hydrogen-bond donors (Lipinski definition) is 0. The Bertz CT molecular complexity index is 325. The fourth-order valence-corrected chi connectivity index (χ4v) is 1.65. The first kappa shape index (κ1) is 12.8. The van der Waals surface area contributed by atoms with Crippen LogP contribution in [-0.4, -0.2) is 12.6 Å². The van der Waals surface area contributed by atoms with Gasteiger partial charge in [-0.25, -0.2) is 0 Å². The van der Waals surface area contributed by atoms with Crippen molar-refractivity contribution in [1.29, 1.82) is 5.26 Å². The van der Waals surface area contributed by atoms with Crippen LogP contribution in [-0.2, 0) is 9.53 Å². The first-order valence-electron chi connectivity index (χ1n) is 5.71. The molecule has 2 atom stereocenters. The molecule has 2 unspecified atom stereocenters. The lowest BCUT2D eigenvalue weighted by atomic mass is 9.85. The molecule has 0 radical (unpaired) electrons. The maximum absolute atomic E-state index is 11.6. The van der Waals surface area contributed by atoms with Gasteiger partial charge >= 0.3 is 5.97 Å². The summed E-state index contributed by atoms with van der Waals surface area (Å²) >= 11 is 0. The zero-order valence-corrected chi connectivity index (χ0v) is 10.2. The molecule has 16 heavy (non-hydrogen) atoms. The predicted molar refractivity (Wildman–Crippen MR) is 61.4 cm³/mol. The molecule has 0 saturated heterocycles. The summed E-state index contributed by atoms with van der Waals surface area (Å²) in [7, 11) is 0. The van der Waals surface area contributed by atoms with Crippen molar-refractivity contribution in [3.05, 3.63) is 12.2 Å².